The molecule has 6 rings (SSSR count). The molecular weight excluding hydrogens is 487 g/mol. The number of ether oxygens (including phenoxy) is 1. The molecule has 0 saturated carbocycles. The first-order valence-corrected chi connectivity index (χ1v) is 11.8. The first-order valence-electron chi connectivity index (χ1n) is 11.4. The molecule has 182 valence electrons. The van der Waals surface area contributed by atoms with Gasteiger partial charge in [0, 0.05) is 31.3 Å². The largest absolute Gasteiger partial charge is 0.381 e. The summed E-state index contributed by atoms with van der Waals surface area (Å²) < 4.78 is 23.5. The summed E-state index contributed by atoms with van der Waals surface area (Å²) >= 11 is 6.10. The van der Waals surface area contributed by atoms with Gasteiger partial charge in [-0.25, -0.2) is 18.7 Å². The quantitative estimate of drug-likeness (QED) is 0.422. The van der Waals surface area contributed by atoms with Gasteiger partial charge in [0.25, 0.3) is 5.56 Å². The van der Waals surface area contributed by atoms with E-state index in [1.54, 1.807) is 28.8 Å². The van der Waals surface area contributed by atoms with Gasteiger partial charge in [-0.15, -0.1) is 0 Å². The van der Waals surface area contributed by atoms with Gasteiger partial charge in [-0.1, -0.05) is 23.7 Å². The molecule has 5 heterocycles. The van der Waals surface area contributed by atoms with E-state index in [0.717, 1.165) is 11.0 Å². The Balaban J connectivity index is 1.65. The zero-order valence-corrected chi connectivity index (χ0v) is 19.8. The number of anilines is 1. The maximum atomic E-state index is 14.1. The Morgan fingerprint density at radius 1 is 1.22 bits per heavy atom. The van der Waals surface area contributed by atoms with Gasteiger partial charge < -0.3 is 9.64 Å². The summed E-state index contributed by atoms with van der Waals surface area (Å²) in [6.45, 7) is 2.11. The van der Waals surface area contributed by atoms with Crippen LogP contribution in [0, 0.1) is 22.6 Å². The van der Waals surface area contributed by atoms with E-state index in [9.17, 15) is 19.2 Å². The second-order valence-electron chi connectivity index (χ2n) is 9.20. The van der Waals surface area contributed by atoms with Crippen LogP contribution >= 0.6 is 11.6 Å². The lowest BCUT2D eigenvalue weighted by Gasteiger charge is -2.49. The fourth-order valence-corrected chi connectivity index (χ4v) is 5.37. The van der Waals surface area contributed by atoms with Crippen molar-refractivity contribution in [2.75, 3.05) is 31.2 Å². The number of nitriles is 1. The normalized spacial score (nSPS) is 16.4. The molecule has 4 aromatic rings. The molecule has 0 bridgehead atoms. The number of fused-ring (bicyclic) bond motifs is 1. The zero-order valence-electron chi connectivity index (χ0n) is 19.0. The van der Waals surface area contributed by atoms with Crippen molar-refractivity contribution in [3.63, 3.8) is 0 Å². The summed E-state index contributed by atoms with van der Waals surface area (Å²) in [4.78, 5) is 34.1. The highest BCUT2D eigenvalue weighted by Crippen LogP contribution is 2.43. The minimum Gasteiger partial charge on any atom is -0.381 e. The topological polar surface area (TPSA) is 97.6 Å². The van der Waals surface area contributed by atoms with Crippen molar-refractivity contribution in [3.8, 4) is 23.0 Å². The minimum absolute atomic E-state index is 0.0538. The fourth-order valence-electron chi connectivity index (χ4n) is 5.19. The molecule has 0 radical (unpaired) electrons. The average molecular weight is 507 g/mol. The number of nitrogens with zero attached hydrogens (tertiary/aromatic N) is 6. The van der Waals surface area contributed by atoms with Gasteiger partial charge in [0.05, 0.1) is 29.5 Å². The van der Waals surface area contributed by atoms with Crippen LogP contribution in [0.3, 0.4) is 0 Å². The smallest absolute Gasteiger partial charge is 0.339 e. The molecule has 1 spiro atoms. The Morgan fingerprint density at radius 2 is 2.06 bits per heavy atom. The Bertz CT molecular complexity index is 1670. The van der Waals surface area contributed by atoms with Crippen LogP contribution in [0.2, 0.25) is 5.02 Å². The van der Waals surface area contributed by atoms with Crippen molar-refractivity contribution < 1.29 is 9.13 Å². The number of imidazole rings is 1. The summed E-state index contributed by atoms with van der Waals surface area (Å²) in [7, 11) is 0. The number of hydrogen-bond donors (Lipinski definition) is 0. The second kappa shape index (κ2) is 8.33. The third-order valence-electron chi connectivity index (χ3n) is 6.92. The molecule has 3 aromatic heterocycles. The van der Waals surface area contributed by atoms with Gasteiger partial charge in [-0.05, 0) is 36.2 Å². The van der Waals surface area contributed by atoms with Crippen LogP contribution in [0.5, 0.6) is 0 Å². The molecule has 2 saturated heterocycles. The Kier molecular flexibility index (Phi) is 5.21. The van der Waals surface area contributed by atoms with Crippen molar-refractivity contribution in [1.29, 1.82) is 5.26 Å². The maximum Gasteiger partial charge on any atom is 0.339 e. The van der Waals surface area contributed by atoms with E-state index in [1.165, 1.54) is 29.0 Å². The van der Waals surface area contributed by atoms with Crippen molar-refractivity contribution in [2.45, 2.75) is 13.0 Å². The van der Waals surface area contributed by atoms with Crippen LogP contribution in [0.25, 0.3) is 22.6 Å². The van der Waals surface area contributed by atoms with E-state index in [-0.39, 0.29) is 28.4 Å². The van der Waals surface area contributed by atoms with Crippen LogP contribution in [0.15, 0.2) is 58.4 Å². The van der Waals surface area contributed by atoms with Crippen LogP contribution in [-0.4, -0.2) is 44.8 Å². The molecule has 9 nitrogen and oxygen atoms in total. The van der Waals surface area contributed by atoms with Gasteiger partial charge in [0.15, 0.2) is 0 Å². The van der Waals surface area contributed by atoms with Crippen molar-refractivity contribution in [2.24, 2.45) is 5.41 Å². The van der Waals surface area contributed by atoms with Gasteiger partial charge in [-0.3, -0.25) is 13.8 Å². The molecule has 11 heteroatoms. The minimum atomic E-state index is -0.664. The third-order valence-corrected chi connectivity index (χ3v) is 7.21. The van der Waals surface area contributed by atoms with Crippen LogP contribution in [0.1, 0.15) is 6.42 Å². The van der Waals surface area contributed by atoms with Gasteiger partial charge >= 0.3 is 5.69 Å². The lowest BCUT2D eigenvalue weighted by Crippen LogP contribution is -2.59. The molecule has 2 aliphatic heterocycles. The Hall–Kier alpha value is -3.94. The molecule has 2 fully saturated rings. The first-order chi connectivity index (χ1) is 17.4. The lowest BCUT2D eigenvalue weighted by atomic mass is 9.79. The molecule has 0 unspecified atom stereocenters. The molecule has 0 N–H and O–H groups in total. The average Bonchev–Trinajstić information content (AvgIpc) is 3.50. The van der Waals surface area contributed by atoms with Gasteiger partial charge in [0.2, 0.25) is 0 Å². The molecule has 0 amide bonds. The predicted octanol–water partition coefficient (Wildman–Crippen LogP) is 2.86. The summed E-state index contributed by atoms with van der Waals surface area (Å²) in [6.07, 6.45) is 4.01. The summed E-state index contributed by atoms with van der Waals surface area (Å²) in [5.74, 6) is -0.0742. The Labute approximate surface area is 209 Å². The van der Waals surface area contributed by atoms with E-state index in [4.69, 9.17) is 16.3 Å². The lowest BCUT2D eigenvalue weighted by molar-refractivity contribution is 0.130. The first kappa shape index (κ1) is 22.5. The summed E-state index contributed by atoms with van der Waals surface area (Å²) in [5, 5.41) is 9.48. The molecule has 0 atom stereocenters. The van der Waals surface area contributed by atoms with E-state index < -0.39 is 17.1 Å². The molecule has 36 heavy (non-hydrogen) atoms. The van der Waals surface area contributed by atoms with E-state index >= 15 is 0 Å². The fraction of sp³-hybridized carbons (Fsp3) is 0.280. The highest BCUT2D eigenvalue weighted by molar-refractivity contribution is 6.31. The van der Waals surface area contributed by atoms with E-state index in [2.05, 4.69) is 4.98 Å². The van der Waals surface area contributed by atoms with Crippen molar-refractivity contribution in [1.82, 2.24) is 18.5 Å². The SMILES string of the molecule is N#CCn1c(N2CC3(CCOC3)C2)c(-c2ccc(F)c(Cl)c2)c(=O)n(-c2cnc3ccccn23)c1=O. The number of halogens is 2. The summed E-state index contributed by atoms with van der Waals surface area (Å²) in [6, 6.07) is 11.4. The number of rotatable bonds is 4. The third kappa shape index (κ3) is 3.35. The molecule has 0 aliphatic carbocycles. The second-order valence-corrected chi connectivity index (χ2v) is 9.61. The highest BCUT2D eigenvalue weighted by atomic mass is 35.5. The highest BCUT2D eigenvalue weighted by Gasteiger charge is 2.47. The van der Waals surface area contributed by atoms with Crippen molar-refractivity contribution in [3.05, 3.63) is 80.5 Å². The van der Waals surface area contributed by atoms with E-state index in [1.807, 2.05) is 11.0 Å². The number of hydrogen-bond acceptors (Lipinski definition) is 6. The molecular formula is C25H20ClFN6O3. The van der Waals surface area contributed by atoms with E-state index in [0.29, 0.717) is 43.3 Å². The van der Waals surface area contributed by atoms with Crippen LogP contribution in [0.4, 0.5) is 10.2 Å². The predicted molar refractivity (Wildman–Crippen MR) is 131 cm³/mol. The number of aromatic nitrogens is 4. The molecule has 2 aliphatic rings. The van der Waals surface area contributed by atoms with Crippen molar-refractivity contribution >= 4 is 23.1 Å². The van der Waals surface area contributed by atoms with Gasteiger partial charge in [0.1, 0.15) is 29.6 Å². The maximum absolute atomic E-state index is 14.1. The van der Waals surface area contributed by atoms with Crippen LogP contribution < -0.4 is 16.1 Å². The number of pyridine rings is 1. The summed E-state index contributed by atoms with van der Waals surface area (Å²) in [5.41, 5.74) is -0.275. The standard InChI is InChI=1S/C25H20ClFN6O3/c26-17-11-16(4-5-18(17)27)21-22(30-13-25(14-30)6-10-36-15-25)32(9-7-28)24(35)33(23(21)34)20-12-29-19-3-1-2-8-31(19)20/h1-5,8,11-12H,6,9-10,13-15H2. The monoisotopic (exact) mass is 506 g/mol. The zero-order chi connectivity index (χ0) is 25.0. The molecule has 1 aromatic carbocycles. The number of benzene rings is 1. The Morgan fingerprint density at radius 3 is 2.78 bits per heavy atom. The van der Waals surface area contributed by atoms with Gasteiger partial charge in [-0.2, -0.15) is 5.26 Å². The van der Waals surface area contributed by atoms with Crippen LogP contribution in [-0.2, 0) is 11.3 Å².